The number of amides is 1. The molecule has 0 spiro atoms. The molecular formula is C25H24N4O2. The van der Waals surface area contributed by atoms with Crippen LogP contribution in [0.25, 0.3) is 22.0 Å². The van der Waals surface area contributed by atoms with E-state index in [1.54, 1.807) is 17.0 Å². The van der Waals surface area contributed by atoms with Crippen molar-refractivity contribution in [3.8, 4) is 17.0 Å². The Morgan fingerprint density at radius 2 is 1.52 bits per heavy atom. The summed E-state index contributed by atoms with van der Waals surface area (Å²) in [6.45, 7) is 5.32. The van der Waals surface area contributed by atoms with Crippen LogP contribution in [0.5, 0.6) is 5.75 Å². The molecule has 0 bridgehead atoms. The number of carbonyl (C=O) groups excluding carboxylic acids is 1. The first-order chi connectivity index (χ1) is 15.1. The molecule has 6 nitrogen and oxygen atoms in total. The van der Waals surface area contributed by atoms with Crippen molar-refractivity contribution in [1.82, 2.24) is 15.1 Å². The predicted molar refractivity (Wildman–Crippen MR) is 124 cm³/mol. The van der Waals surface area contributed by atoms with Gasteiger partial charge in [-0.05, 0) is 62.4 Å². The first kappa shape index (κ1) is 20.3. The number of nitrogens with one attached hydrogen (secondary N) is 1. The molecule has 1 aromatic heterocycles. The number of hydrogen-bond donors (Lipinski definition) is 2. The summed E-state index contributed by atoms with van der Waals surface area (Å²) >= 11 is 0. The Kier molecular flexibility index (Phi) is 5.80. The monoisotopic (exact) mass is 412 g/mol. The number of phenols is 1. The van der Waals surface area contributed by atoms with E-state index in [1.165, 1.54) is 0 Å². The minimum absolute atomic E-state index is 0.0278. The summed E-state index contributed by atoms with van der Waals surface area (Å²) in [7, 11) is 0. The van der Waals surface area contributed by atoms with Crippen LogP contribution >= 0.6 is 0 Å². The van der Waals surface area contributed by atoms with Crippen LogP contribution in [-0.2, 0) is 0 Å². The molecule has 4 rings (SSSR count). The number of rotatable bonds is 6. The Hall–Kier alpha value is -3.93. The zero-order chi connectivity index (χ0) is 21.8. The number of hydrogen-bond acceptors (Lipinski definition) is 5. The third-order valence-corrected chi connectivity index (χ3v) is 5.27. The van der Waals surface area contributed by atoms with Crippen molar-refractivity contribution >= 4 is 28.2 Å². The highest BCUT2D eigenvalue weighted by Gasteiger charge is 2.14. The molecule has 6 heteroatoms. The van der Waals surface area contributed by atoms with Crippen molar-refractivity contribution in [2.24, 2.45) is 0 Å². The van der Waals surface area contributed by atoms with Crippen molar-refractivity contribution in [3.05, 3.63) is 78.4 Å². The van der Waals surface area contributed by atoms with Gasteiger partial charge in [0.05, 0.1) is 0 Å². The molecule has 3 aromatic carbocycles. The van der Waals surface area contributed by atoms with Crippen molar-refractivity contribution in [2.45, 2.75) is 13.8 Å². The second kappa shape index (κ2) is 8.83. The van der Waals surface area contributed by atoms with E-state index in [4.69, 9.17) is 0 Å². The highest BCUT2D eigenvalue weighted by molar-refractivity contribution is 6.01. The zero-order valence-corrected chi connectivity index (χ0v) is 17.5. The van der Waals surface area contributed by atoms with Gasteiger partial charge < -0.3 is 15.3 Å². The lowest BCUT2D eigenvalue weighted by Crippen LogP contribution is -2.30. The summed E-state index contributed by atoms with van der Waals surface area (Å²) in [6, 6.07) is 22.2. The van der Waals surface area contributed by atoms with E-state index < -0.39 is 0 Å². The Labute approximate surface area is 181 Å². The molecule has 31 heavy (non-hydrogen) atoms. The van der Waals surface area contributed by atoms with Gasteiger partial charge >= 0.3 is 0 Å². The number of carbonyl (C=O) groups is 1. The third-order valence-electron chi connectivity index (χ3n) is 5.27. The van der Waals surface area contributed by atoms with E-state index in [9.17, 15) is 9.90 Å². The van der Waals surface area contributed by atoms with Gasteiger partial charge in [-0.1, -0.05) is 24.3 Å². The number of phenolic OH excluding ortho intramolecular Hbond substituents is 1. The lowest BCUT2D eigenvalue weighted by Gasteiger charge is -2.18. The van der Waals surface area contributed by atoms with Crippen LogP contribution in [0, 0.1) is 0 Å². The molecule has 0 saturated heterocycles. The Morgan fingerprint density at radius 1 is 0.871 bits per heavy atom. The van der Waals surface area contributed by atoms with Crippen LogP contribution < -0.4 is 5.32 Å². The van der Waals surface area contributed by atoms with Gasteiger partial charge in [-0.2, -0.15) is 0 Å². The largest absolute Gasteiger partial charge is 0.508 e. The second-order valence-corrected chi connectivity index (χ2v) is 7.17. The molecule has 1 amide bonds. The highest BCUT2D eigenvalue weighted by Crippen LogP contribution is 2.31. The maximum atomic E-state index is 12.5. The maximum absolute atomic E-state index is 12.5. The fraction of sp³-hybridized carbons (Fsp3) is 0.160. The average molecular weight is 412 g/mol. The van der Waals surface area contributed by atoms with Gasteiger partial charge in [-0.25, -0.2) is 0 Å². The van der Waals surface area contributed by atoms with Gasteiger partial charge in [0, 0.05) is 40.7 Å². The highest BCUT2D eigenvalue weighted by atomic mass is 16.3. The molecule has 0 fully saturated rings. The van der Waals surface area contributed by atoms with Gasteiger partial charge in [0.15, 0.2) is 5.82 Å². The van der Waals surface area contributed by atoms with Gasteiger partial charge in [-0.3, -0.25) is 4.79 Å². The first-order valence-electron chi connectivity index (χ1n) is 10.3. The van der Waals surface area contributed by atoms with Crippen molar-refractivity contribution in [3.63, 3.8) is 0 Å². The quantitative estimate of drug-likeness (QED) is 0.453. The number of anilines is 2. The minimum atomic E-state index is 0.0278. The SMILES string of the molecule is CCN(CC)C(=O)c1ccc(Nc2nnc(-c3ccc(O)cc3)c3ccccc23)cc1. The number of benzene rings is 3. The Balaban J connectivity index is 1.64. The third kappa shape index (κ3) is 4.19. The first-order valence-corrected chi connectivity index (χ1v) is 10.3. The van der Waals surface area contributed by atoms with Crippen LogP contribution in [0.4, 0.5) is 11.5 Å². The Bertz CT molecular complexity index is 1200. The molecule has 156 valence electrons. The minimum Gasteiger partial charge on any atom is -0.508 e. The second-order valence-electron chi connectivity index (χ2n) is 7.17. The molecular weight excluding hydrogens is 388 g/mol. The standard InChI is InChI=1S/C25H24N4O2/c1-3-29(4-2)25(31)18-9-13-19(14-10-18)26-24-22-8-6-5-7-21(22)23(27-28-24)17-11-15-20(30)16-12-17/h5-16,30H,3-4H2,1-2H3,(H,26,28). The zero-order valence-electron chi connectivity index (χ0n) is 17.5. The molecule has 1 heterocycles. The van der Waals surface area contributed by atoms with Crippen LogP contribution in [0.1, 0.15) is 24.2 Å². The van der Waals surface area contributed by atoms with Gasteiger partial charge in [0.1, 0.15) is 11.4 Å². The van der Waals surface area contributed by atoms with Gasteiger partial charge in [0.2, 0.25) is 0 Å². The normalized spacial score (nSPS) is 10.8. The number of aromatic hydroxyl groups is 1. The van der Waals surface area contributed by atoms with Gasteiger partial charge in [-0.15, -0.1) is 10.2 Å². The summed E-state index contributed by atoms with van der Waals surface area (Å²) in [5, 5.41) is 23.6. The molecule has 0 aliphatic rings. The number of aromatic nitrogens is 2. The summed E-state index contributed by atoms with van der Waals surface area (Å²) in [6.07, 6.45) is 0. The molecule has 0 radical (unpaired) electrons. The number of nitrogens with zero attached hydrogens (tertiary/aromatic N) is 3. The molecule has 0 atom stereocenters. The fourth-order valence-electron chi connectivity index (χ4n) is 3.55. The topological polar surface area (TPSA) is 78.4 Å². The number of fused-ring (bicyclic) bond motifs is 1. The molecule has 0 aliphatic heterocycles. The summed E-state index contributed by atoms with van der Waals surface area (Å²) < 4.78 is 0. The molecule has 0 saturated carbocycles. The van der Waals surface area contributed by atoms with Crippen molar-refractivity contribution in [1.29, 1.82) is 0 Å². The average Bonchev–Trinajstić information content (AvgIpc) is 2.81. The lowest BCUT2D eigenvalue weighted by molar-refractivity contribution is 0.0773. The van der Waals surface area contributed by atoms with E-state index in [1.807, 2.05) is 74.5 Å². The van der Waals surface area contributed by atoms with Crippen LogP contribution in [0.2, 0.25) is 0 Å². The maximum Gasteiger partial charge on any atom is 0.253 e. The van der Waals surface area contributed by atoms with Gasteiger partial charge in [0.25, 0.3) is 5.91 Å². The molecule has 2 N–H and O–H groups in total. The van der Waals surface area contributed by atoms with E-state index in [-0.39, 0.29) is 11.7 Å². The Morgan fingerprint density at radius 3 is 2.16 bits per heavy atom. The molecule has 4 aromatic rings. The molecule has 0 unspecified atom stereocenters. The predicted octanol–water partition coefficient (Wildman–Crippen LogP) is 5.23. The smallest absolute Gasteiger partial charge is 0.253 e. The van der Waals surface area contributed by atoms with E-state index in [0.29, 0.717) is 24.5 Å². The van der Waals surface area contributed by atoms with Crippen molar-refractivity contribution < 1.29 is 9.90 Å². The van der Waals surface area contributed by atoms with E-state index in [0.717, 1.165) is 27.7 Å². The van der Waals surface area contributed by atoms with Crippen LogP contribution in [0.15, 0.2) is 72.8 Å². The summed E-state index contributed by atoms with van der Waals surface area (Å²) in [5.74, 6) is 0.878. The lowest BCUT2D eigenvalue weighted by atomic mass is 10.0. The molecule has 0 aliphatic carbocycles. The van der Waals surface area contributed by atoms with E-state index in [2.05, 4.69) is 15.5 Å². The van der Waals surface area contributed by atoms with Crippen LogP contribution in [0.3, 0.4) is 0 Å². The summed E-state index contributed by atoms with van der Waals surface area (Å²) in [5.41, 5.74) is 3.12. The van der Waals surface area contributed by atoms with Crippen LogP contribution in [-0.4, -0.2) is 39.2 Å². The van der Waals surface area contributed by atoms with E-state index >= 15 is 0 Å². The fourth-order valence-corrected chi connectivity index (χ4v) is 3.55. The summed E-state index contributed by atoms with van der Waals surface area (Å²) in [4.78, 5) is 14.3. The van der Waals surface area contributed by atoms with Crippen molar-refractivity contribution in [2.75, 3.05) is 18.4 Å².